The number of carbonyl (C=O) groups is 1. The van der Waals surface area contributed by atoms with Crippen LogP contribution in [0.15, 0.2) is 59.0 Å². The van der Waals surface area contributed by atoms with Gasteiger partial charge in [-0.1, -0.05) is 30.3 Å². The first kappa shape index (κ1) is 11.5. The van der Waals surface area contributed by atoms with E-state index >= 15 is 0 Å². The summed E-state index contributed by atoms with van der Waals surface area (Å²) in [5, 5.41) is 2.31. The predicted octanol–water partition coefficient (Wildman–Crippen LogP) is 3.82. The molecule has 0 saturated carbocycles. The summed E-state index contributed by atoms with van der Waals surface area (Å²) in [5.41, 5.74) is 0. The molecule has 1 heterocycles. The van der Waals surface area contributed by atoms with Crippen molar-refractivity contribution in [1.29, 1.82) is 0 Å². The number of furan rings is 1. The van der Waals surface area contributed by atoms with Gasteiger partial charge in [-0.2, -0.15) is 0 Å². The van der Waals surface area contributed by atoms with E-state index in [0.717, 1.165) is 11.1 Å². The molecule has 0 atom stereocenters. The maximum Gasteiger partial charge on any atom is 0.185 e. The third-order valence-corrected chi connectivity index (χ3v) is 2.90. The second-order valence-corrected chi connectivity index (χ2v) is 4.22. The van der Waals surface area contributed by atoms with E-state index < -0.39 is 0 Å². The van der Waals surface area contributed by atoms with Crippen LogP contribution < -0.4 is 4.74 Å². The van der Waals surface area contributed by atoms with Gasteiger partial charge in [0, 0.05) is 0 Å². The lowest BCUT2D eigenvalue weighted by atomic mass is 10.1. The van der Waals surface area contributed by atoms with Crippen molar-refractivity contribution in [2.45, 2.75) is 6.61 Å². The average Bonchev–Trinajstić information content (AvgIpc) is 2.93. The van der Waals surface area contributed by atoms with Crippen LogP contribution in [-0.4, -0.2) is 6.29 Å². The standard InChI is InChI=1S/C16H12O3/c17-10-15-7-8-16(19-15)11-18-14-6-5-12-3-1-2-4-13(12)9-14/h1-10H,11H2. The van der Waals surface area contributed by atoms with Crippen LogP contribution in [0.25, 0.3) is 10.8 Å². The molecule has 0 unspecified atom stereocenters. The molecule has 0 radical (unpaired) electrons. The molecule has 3 heteroatoms. The minimum absolute atomic E-state index is 0.312. The molecule has 0 aliphatic carbocycles. The third-order valence-electron chi connectivity index (χ3n) is 2.90. The molecule has 0 N–H and O–H groups in total. The second kappa shape index (κ2) is 4.98. The normalized spacial score (nSPS) is 10.5. The van der Waals surface area contributed by atoms with E-state index in [1.165, 1.54) is 5.39 Å². The summed E-state index contributed by atoms with van der Waals surface area (Å²) in [4.78, 5) is 10.5. The number of ether oxygens (including phenoxy) is 1. The third kappa shape index (κ3) is 2.50. The minimum Gasteiger partial charge on any atom is -0.486 e. The molecule has 0 aliphatic rings. The SMILES string of the molecule is O=Cc1ccc(COc2ccc3ccccc3c2)o1. The number of hydrogen-bond donors (Lipinski definition) is 0. The molecule has 0 bridgehead atoms. The van der Waals surface area contributed by atoms with Gasteiger partial charge in [0.15, 0.2) is 12.0 Å². The zero-order valence-electron chi connectivity index (χ0n) is 10.2. The van der Waals surface area contributed by atoms with Crippen molar-refractivity contribution in [3.05, 3.63) is 66.1 Å². The fourth-order valence-corrected chi connectivity index (χ4v) is 1.95. The quantitative estimate of drug-likeness (QED) is 0.662. The zero-order valence-corrected chi connectivity index (χ0v) is 10.2. The molecule has 3 aromatic rings. The number of fused-ring (bicyclic) bond motifs is 1. The Morgan fingerprint density at radius 2 is 1.84 bits per heavy atom. The van der Waals surface area contributed by atoms with Crippen LogP contribution in [0.4, 0.5) is 0 Å². The van der Waals surface area contributed by atoms with E-state index in [2.05, 4.69) is 6.07 Å². The Hall–Kier alpha value is -2.55. The van der Waals surface area contributed by atoms with Gasteiger partial charge in [-0.05, 0) is 35.0 Å². The van der Waals surface area contributed by atoms with Crippen molar-refractivity contribution in [2.24, 2.45) is 0 Å². The fourth-order valence-electron chi connectivity index (χ4n) is 1.95. The van der Waals surface area contributed by atoms with Crippen molar-refractivity contribution in [3.63, 3.8) is 0 Å². The molecule has 0 aliphatic heterocycles. The van der Waals surface area contributed by atoms with Crippen molar-refractivity contribution >= 4 is 17.1 Å². The first-order chi connectivity index (χ1) is 9.35. The second-order valence-electron chi connectivity index (χ2n) is 4.22. The summed E-state index contributed by atoms with van der Waals surface area (Å²) in [6.45, 7) is 0.312. The summed E-state index contributed by atoms with van der Waals surface area (Å²) >= 11 is 0. The number of rotatable bonds is 4. The lowest BCUT2D eigenvalue weighted by molar-refractivity contribution is 0.109. The Labute approximate surface area is 110 Å². The van der Waals surface area contributed by atoms with Gasteiger partial charge in [0.05, 0.1) is 0 Å². The van der Waals surface area contributed by atoms with Crippen molar-refractivity contribution in [3.8, 4) is 5.75 Å². The fraction of sp³-hybridized carbons (Fsp3) is 0.0625. The highest BCUT2D eigenvalue weighted by Crippen LogP contribution is 2.21. The molecule has 19 heavy (non-hydrogen) atoms. The molecule has 0 spiro atoms. The largest absolute Gasteiger partial charge is 0.486 e. The van der Waals surface area contributed by atoms with Crippen molar-refractivity contribution in [2.75, 3.05) is 0 Å². The van der Waals surface area contributed by atoms with Crippen LogP contribution in [0.3, 0.4) is 0 Å². The zero-order chi connectivity index (χ0) is 13.1. The van der Waals surface area contributed by atoms with Gasteiger partial charge in [0.25, 0.3) is 0 Å². The highest BCUT2D eigenvalue weighted by atomic mass is 16.5. The molecule has 2 aromatic carbocycles. The smallest absolute Gasteiger partial charge is 0.185 e. The Bertz CT molecular complexity index is 713. The molecule has 94 valence electrons. The van der Waals surface area contributed by atoms with Crippen molar-refractivity contribution in [1.82, 2.24) is 0 Å². The first-order valence-corrected chi connectivity index (χ1v) is 6.01. The van der Waals surface area contributed by atoms with Gasteiger partial charge in [0.1, 0.15) is 18.1 Å². The van der Waals surface area contributed by atoms with Crippen molar-refractivity contribution < 1.29 is 13.9 Å². The summed E-state index contributed by atoms with van der Waals surface area (Å²) in [6.07, 6.45) is 0.680. The number of aldehydes is 1. The Morgan fingerprint density at radius 1 is 1.00 bits per heavy atom. The maximum absolute atomic E-state index is 10.5. The molecule has 0 saturated heterocycles. The van der Waals surface area contributed by atoms with E-state index in [0.29, 0.717) is 24.4 Å². The monoisotopic (exact) mass is 252 g/mol. The van der Waals surface area contributed by atoms with Gasteiger partial charge in [0.2, 0.25) is 0 Å². The van der Waals surface area contributed by atoms with Gasteiger partial charge >= 0.3 is 0 Å². The number of benzene rings is 2. The lowest BCUT2D eigenvalue weighted by Crippen LogP contribution is -1.93. The van der Waals surface area contributed by atoms with E-state index in [1.54, 1.807) is 12.1 Å². The Kier molecular flexibility index (Phi) is 3.02. The van der Waals surface area contributed by atoms with Gasteiger partial charge in [-0.25, -0.2) is 0 Å². The molecular weight excluding hydrogens is 240 g/mol. The van der Waals surface area contributed by atoms with Crippen LogP contribution in [0.5, 0.6) is 5.75 Å². The number of carbonyl (C=O) groups excluding carboxylic acids is 1. The summed E-state index contributed by atoms with van der Waals surface area (Å²) in [5.74, 6) is 1.73. The summed E-state index contributed by atoms with van der Waals surface area (Å²) < 4.78 is 10.9. The van der Waals surface area contributed by atoms with Crippen LogP contribution in [0.2, 0.25) is 0 Å². The molecule has 0 amide bonds. The lowest BCUT2D eigenvalue weighted by Gasteiger charge is -2.05. The Morgan fingerprint density at radius 3 is 2.63 bits per heavy atom. The highest BCUT2D eigenvalue weighted by molar-refractivity contribution is 5.83. The van der Waals surface area contributed by atoms with Crippen LogP contribution >= 0.6 is 0 Å². The predicted molar refractivity (Wildman–Crippen MR) is 72.4 cm³/mol. The minimum atomic E-state index is 0.312. The average molecular weight is 252 g/mol. The summed E-state index contributed by atoms with van der Waals surface area (Å²) in [6, 6.07) is 17.4. The van der Waals surface area contributed by atoms with E-state index in [1.807, 2.05) is 36.4 Å². The van der Waals surface area contributed by atoms with Crippen LogP contribution in [-0.2, 0) is 6.61 Å². The molecule has 1 aromatic heterocycles. The summed E-state index contributed by atoms with van der Waals surface area (Å²) in [7, 11) is 0. The number of hydrogen-bond acceptors (Lipinski definition) is 3. The maximum atomic E-state index is 10.5. The molecule has 3 rings (SSSR count). The van der Waals surface area contributed by atoms with E-state index in [9.17, 15) is 4.79 Å². The van der Waals surface area contributed by atoms with E-state index in [-0.39, 0.29) is 0 Å². The van der Waals surface area contributed by atoms with Crippen LogP contribution in [0, 0.1) is 0 Å². The van der Waals surface area contributed by atoms with Gasteiger partial charge < -0.3 is 9.15 Å². The van der Waals surface area contributed by atoms with Gasteiger partial charge in [-0.15, -0.1) is 0 Å². The first-order valence-electron chi connectivity index (χ1n) is 6.01. The van der Waals surface area contributed by atoms with Crippen LogP contribution in [0.1, 0.15) is 16.3 Å². The Balaban J connectivity index is 1.76. The van der Waals surface area contributed by atoms with E-state index in [4.69, 9.17) is 9.15 Å². The molecular formula is C16H12O3. The molecule has 0 fully saturated rings. The van der Waals surface area contributed by atoms with Gasteiger partial charge in [-0.3, -0.25) is 4.79 Å². The highest BCUT2D eigenvalue weighted by Gasteiger charge is 2.02. The topological polar surface area (TPSA) is 39.4 Å². The molecule has 3 nitrogen and oxygen atoms in total.